The van der Waals surface area contributed by atoms with Crippen LogP contribution in [0.4, 0.5) is 10.1 Å². The van der Waals surface area contributed by atoms with Crippen molar-refractivity contribution in [1.82, 2.24) is 9.80 Å². The van der Waals surface area contributed by atoms with E-state index in [2.05, 4.69) is 5.32 Å². The van der Waals surface area contributed by atoms with Crippen LogP contribution in [0.1, 0.15) is 24.2 Å². The number of hydrogen-bond acceptors (Lipinski definition) is 4. The number of anilines is 1. The van der Waals surface area contributed by atoms with Crippen LogP contribution in [0.3, 0.4) is 0 Å². The molecule has 2 N–H and O–H groups in total. The molecule has 0 aromatic heterocycles. The number of rotatable bonds is 3. The molecule has 2 aliphatic heterocycles. The van der Waals surface area contributed by atoms with E-state index in [0.29, 0.717) is 11.3 Å². The third kappa shape index (κ3) is 3.96. The van der Waals surface area contributed by atoms with E-state index in [1.807, 2.05) is 0 Å². The number of aliphatic hydroxyl groups excluding tert-OH is 1. The maximum absolute atomic E-state index is 14.4. The van der Waals surface area contributed by atoms with E-state index >= 15 is 0 Å². The Bertz CT molecular complexity index is 1110. The van der Waals surface area contributed by atoms with Gasteiger partial charge in [-0.05, 0) is 41.8 Å². The molecule has 1 saturated heterocycles. The zero-order valence-electron chi connectivity index (χ0n) is 17.6. The van der Waals surface area contributed by atoms with Crippen LogP contribution in [-0.4, -0.2) is 64.4 Å². The Kier molecular flexibility index (Phi) is 5.92. The second kappa shape index (κ2) is 8.52. The fourth-order valence-electron chi connectivity index (χ4n) is 4.01. The molecule has 32 heavy (non-hydrogen) atoms. The van der Waals surface area contributed by atoms with E-state index in [1.54, 1.807) is 38.1 Å². The molecule has 3 amide bonds. The number of carbonyl (C=O) groups is 3. The van der Waals surface area contributed by atoms with Gasteiger partial charge in [0.05, 0.1) is 17.8 Å². The standard InChI is InChI=1S/C23H23ClFN3O4/c1-12(2)20(29)23(32)27-7-8-28-19(11-27)21(30)26-18-6-3-13(9-16(18)22(28)31)15-5-4-14(24)10-17(15)25/h3-6,9-10,12,19-20,29H,7-8,11H2,1-2H3,(H,26,30). The highest BCUT2D eigenvalue weighted by Gasteiger charge is 2.41. The molecule has 2 aliphatic rings. The molecule has 2 aromatic rings. The summed E-state index contributed by atoms with van der Waals surface area (Å²) < 4.78 is 14.4. The minimum absolute atomic E-state index is 0.00710. The van der Waals surface area contributed by atoms with E-state index in [0.717, 1.165) is 0 Å². The minimum atomic E-state index is -1.17. The van der Waals surface area contributed by atoms with Crippen LogP contribution in [0.15, 0.2) is 36.4 Å². The van der Waals surface area contributed by atoms with Gasteiger partial charge in [0.25, 0.3) is 11.8 Å². The van der Waals surface area contributed by atoms with Gasteiger partial charge in [-0.2, -0.15) is 0 Å². The van der Waals surface area contributed by atoms with Crippen molar-refractivity contribution in [2.75, 3.05) is 25.0 Å². The first-order valence-electron chi connectivity index (χ1n) is 10.4. The van der Waals surface area contributed by atoms with Crippen molar-refractivity contribution in [3.05, 3.63) is 52.8 Å². The van der Waals surface area contributed by atoms with Crippen molar-refractivity contribution in [2.45, 2.75) is 26.0 Å². The number of fused-ring (bicyclic) bond motifs is 2. The monoisotopic (exact) mass is 459 g/mol. The molecule has 0 aliphatic carbocycles. The number of aliphatic hydroxyl groups is 1. The first kappa shape index (κ1) is 22.2. The number of hydrogen-bond donors (Lipinski definition) is 2. The maximum atomic E-state index is 14.4. The highest BCUT2D eigenvalue weighted by Crippen LogP contribution is 2.32. The molecule has 2 heterocycles. The van der Waals surface area contributed by atoms with Crippen molar-refractivity contribution in [1.29, 1.82) is 0 Å². The molecular formula is C23H23ClFN3O4. The van der Waals surface area contributed by atoms with Gasteiger partial charge in [0.1, 0.15) is 18.0 Å². The van der Waals surface area contributed by atoms with Crippen LogP contribution in [0, 0.1) is 11.7 Å². The zero-order valence-corrected chi connectivity index (χ0v) is 18.4. The third-order valence-electron chi connectivity index (χ3n) is 5.89. The van der Waals surface area contributed by atoms with Crippen LogP contribution < -0.4 is 5.32 Å². The van der Waals surface area contributed by atoms with Crippen molar-refractivity contribution in [3.63, 3.8) is 0 Å². The summed E-state index contributed by atoms with van der Waals surface area (Å²) in [5, 5.41) is 13.1. The van der Waals surface area contributed by atoms with E-state index in [-0.39, 0.29) is 47.6 Å². The first-order chi connectivity index (χ1) is 15.2. The minimum Gasteiger partial charge on any atom is -0.383 e. The lowest BCUT2D eigenvalue weighted by atomic mass is 10.0. The number of benzene rings is 2. The fourth-order valence-corrected chi connectivity index (χ4v) is 4.17. The number of piperazine rings is 1. The van der Waals surface area contributed by atoms with Crippen molar-refractivity contribution < 1.29 is 23.9 Å². The highest BCUT2D eigenvalue weighted by molar-refractivity contribution is 6.30. The Balaban J connectivity index is 1.64. The van der Waals surface area contributed by atoms with Gasteiger partial charge < -0.3 is 20.2 Å². The predicted molar refractivity (Wildman–Crippen MR) is 118 cm³/mol. The van der Waals surface area contributed by atoms with Gasteiger partial charge in [-0.25, -0.2) is 4.39 Å². The number of halogens is 2. The largest absolute Gasteiger partial charge is 0.383 e. The fraction of sp³-hybridized carbons (Fsp3) is 0.348. The predicted octanol–water partition coefficient (Wildman–Crippen LogP) is 2.77. The zero-order chi connectivity index (χ0) is 23.2. The Morgan fingerprint density at radius 2 is 1.91 bits per heavy atom. The molecule has 0 spiro atoms. The van der Waals surface area contributed by atoms with Gasteiger partial charge in [0.15, 0.2) is 0 Å². The molecule has 1 fully saturated rings. The summed E-state index contributed by atoms with van der Waals surface area (Å²) in [7, 11) is 0. The van der Waals surface area contributed by atoms with E-state index in [9.17, 15) is 23.9 Å². The molecule has 9 heteroatoms. The summed E-state index contributed by atoms with van der Waals surface area (Å²) in [5.41, 5.74) is 1.34. The SMILES string of the molecule is CC(C)C(O)C(=O)N1CCN2C(=O)c3cc(-c4ccc(Cl)cc4F)ccc3NC(=O)C2C1. The third-order valence-corrected chi connectivity index (χ3v) is 6.13. The molecule has 2 unspecified atom stereocenters. The van der Waals surface area contributed by atoms with Gasteiger partial charge in [-0.1, -0.05) is 31.5 Å². The molecule has 2 atom stereocenters. The molecule has 0 radical (unpaired) electrons. The van der Waals surface area contributed by atoms with Gasteiger partial charge in [-0.15, -0.1) is 0 Å². The lowest BCUT2D eigenvalue weighted by Gasteiger charge is -2.40. The van der Waals surface area contributed by atoms with Crippen LogP contribution in [0.25, 0.3) is 11.1 Å². The molecule has 7 nitrogen and oxygen atoms in total. The molecule has 4 rings (SSSR count). The normalized spacial score (nSPS) is 19.2. The van der Waals surface area contributed by atoms with Gasteiger partial charge in [0, 0.05) is 23.7 Å². The summed E-state index contributed by atoms with van der Waals surface area (Å²) in [6.07, 6.45) is -1.17. The molecule has 168 valence electrons. The Morgan fingerprint density at radius 1 is 1.16 bits per heavy atom. The number of amides is 3. The second-order valence-electron chi connectivity index (χ2n) is 8.36. The van der Waals surface area contributed by atoms with Gasteiger partial charge >= 0.3 is 0 Å². The maximum Gasteiger partial charge on any atom is 0.256 e. The molecule has 0 saturated carbocycles. The first-order valence-corrected chi connectivity index (χ1v) is 10.7. The van der Waals surface area contributed by atoms with E-state index in [4.69, 9.17) is 11.6 Å². The smallest absolute Gasteiger partial charge is 0.256 e. The Labute approximate surface area is 189 Å². The van der Waals surface area contributed by atoms with Crippen molar-refractivity contribution in [2.24, 2.45) is 5.92 Å². The quantitative estimate of drug-likeness (QED) is 0.738. The van der Waals surface area contributed by atoms with Crippen molar-refractivity contribution >= 4 is 35.0 Å². The van der Waals surface area contributed by atoms with Crippen LogP contribution in [0.5, 0.6) is 0 Å². The topological polar surface area (TPSA) is 89.9 Å². The summed E-state index contributed by atoms with van der Waals surface area (Å²) in [5.74, 6) is -2.03. The Hall–Kier alpha value is -2.97. The van der Waals surface area contributed by atoms with Crippen LogP contribution >= 0.6 is 11.6 Å². The number of nitrogens with one attached hydrogen (secondary N) is 1. The summed E-state index contributed by atoms with van der Waals surface area (Å²) in [6.45, 7) is 3.81. The molecule has 0 bridgehead atoms. The lowest BCUT2D eigenvalue weighted by Crippen LogP contribution is -2.61. The van der Waals surface area contributed by atoms with E-state index < -0.39 is 29.8 Å². The van der Waals surface area contributed by atoms with E-state index in [1.165, 1.54) is 21.9 Å². The number of carbonyl (C=O) groups excluding carboxylic acids is 3. The highest BCUT2D eigenvalue weighted by atomic mass is 35.5. The average Bonchev–Trinajstić information content (AvgIpc) is 2.87. The van der Waals surface area contributed by atoms with Crippen LogP contribution in [-0.2, 0) is 9.59 Å². The summed E-state index contributed by atoms with van der Waals surface area (Å²) >= 11 is 5.84. The van der Waals surface area contributed by atoms with Crippen LogP contribution in [0.2, 0.25) is 5.02 Å². The van der Waals surface area contributed by atoms with Gasteiger partial charge in [-0.3, -0.25) is 14.4 Å². The Morgan fingerprint density at radius 3 is 2.59 bits per heavy atom. The summed E-state index contributed by atoms with van der Waals surface area (Å²) in [4.78, 5) is 41.6. The second-order valence-corrected chi connectivity index (χ2v) is 8.80. The lowest BCUT2D eigenvalue weighted by molar-refractivity contribution is -0.146. The molecular weight excluding hydrogens is 437 g/mol. The molecule has 2 aromatic carbocycles. The summed E-state index contributed by atoms with van der Waals surface area (Å²) in [6, 6.07) is 8.15. The van der Waals surface area contributed by atoms with Gasteiger partial charge in [0.2, 0.25) is 5.91 Å². The van der Waals surface area contributed by atoms with Crippen molar-refractivity contribution in [3.8, 4) is 11.1 Å². The number of nitrogens with zero attached hydrogens (tertiary/aromatic N) is 2. The average molecular weight is 460 g/mol.